The van der Waals surface area contributed by atoms with Crippen LogP contribution in [0, 0.1) is 0 Å². The number of likely N-dealkylation sites (tertiary alicyclic amines) is 1. The van der Waals surface area contributed by atoms with E-state index in [-0.39, 0.29) is 17.9 Å². The molecule has 106 valence electrons. The van der Waals surface area contributed by atoms with Gasteiger partial charge in [-0.15, -0.1) is 0 Å². The second-order valence-corrected chi connectivity index (χ2v) is 5.96. The molecule has 1 atom stereocenters. The minimum Gasteiger partial charge on any atom is -0.330 e. The lowest BCUT2D eigenvalue weighted by atomic mass is 10.1. The van der Waals surface area contributed by atoms with Gasteiger partial charge in [0.15, 0.2) is 0 Å². The summed E-state index contributed by atoms with van der Waals surface area (Å²) < 4.78 is 0. The third-order valence-corrected chi connectivity index (χ3v) is 4.60. The molecule has 0 aromatic carbocycles. The van der Waals surface area contributed by atoms with Gasteiger partial charge in [-0.25, -0.2) is 5.01 Å². The highest BCUT2D eigenvalue weighted by Gasteiger charge is 2.34. The van der Waals surface area contributed by atoms with Crippen molar-refractivity contribution in [2.75, 3.05) is 13.6 Å². The molecule has 1 fully saturated rings. The summed E-state index contributed by atoms with van der Waals surface area (Å²) in [6.45, 7) is 0.774. The van der Waals surface area contributed by atoms with Crippen molar-refractivity contribution in [2.45, 2.75) is 31.7 Å². The maximum atomic E-state index is 12.6. The first-order valence-electron chi connectivity index (χ1n) is 6.84. The van der Waals surface area contributed by atoms with Crippen molar-refractivity contribution in [1.29, 1.82) is 0 Å². The van der Waals surface area contributed by atoms with Crippen molar-refractivity contribution in [3.05, 3.63) is 22.4 Å². The number of amides is 2. The zero-order chi connectivity index (χ0) is 14.1. The van der Waals surface area contributed by atoms with Crippen molar-refractivity contribution in [2.24, 2.45) is 5.10 Å². The Labute approximate surface area is 121 Å². The number of carbonyl (C=O) groups is 2. The monoisotopic (exact) mass is 291 g/mol. The van der Waals surface area contributed by atoms with Gasteiger partial charge >= 0.3 is 0 Å². The molecule has 2 aliphatic rings. The lowest BCUT2D eigenvalue weighted by molar-refractivity contribution is -0.130. The van der Waals surface area contributed by atoms with E-state index in [4.69, 9.17) is 0 Å². The van der Waals surface area contributed by atoms with Crippen LogP contribution in [-0.2, 0) is 9.59 Å². The number of thiophene rings is 1. The highest BCUT2D eigenvalue weighted by Crippen LogP contribution is 2.33. The molecule has 1 saturated heterocycles. The topological polar surface area (TPSA) is 53.0 Å². The Hall–Kier alpha value is -1.69. The first kappa shape index (κ1) is 13.3. The van der Waals surface area contributed by atoms with Gasteiger partial charge < -0.3 is 4.90 Å². The van der Waals surface area contributed by atoms with Gasteiger partial charge in [0, 0.05) is 26.4 Å². The summed E-state index contributed by atoms with van der Waals surface area (Å²) >= 11 is 1.66. The van der Waals surface area contributed by atoms with Crippen molar-refractivity contribution in [1.82, 2.24) is 9.91 Å². The van der Waals surface area contributed by atoms with E-state index in [1.165, 1.54) is 10.6 Å². The van der Waals surface area contributed by atoms with E-state index in [1.807, 2.05) is 10.3 Å². The fraction of sp³-hybridized carbons (Fsp3) is 0.500. The third-order valence-electron chi connectivity index (χ3n) is 3.90. The van der Waals surface area contributed by atoms with Crippen LogP contribution < -0.4 is 0 Å². The van der Waals surface area contributed by atoms with Crippen molar-refractivity contribution in [3.8, 4) is 0 Å². The number of hydrazone groups is 1. The first-order chi connectivity index (χ1) is 9.66. The Balaban J connectivity index is 1.80. The third kappa shape index (κ3) is 2.35. The average molecular weight is 291 g/mol. The van der Waals surface area contributed by atoms with Crippen LogP contribution in [0.3, 0.4) is 0 Å². The summed E-state index contributed by atoms with van der Waals surface area (Å²) in [7, 11) is 1.61. The van der Waals surface area contributed by atoms with Gasteiger partial charge in [-0.05, 0) is 35.2 Å². The van der Waals surface area contributed by atoms with Crippen LogP contribution in [0.15, 0.2) is 21.9 Å². The lowest BCUT2D eigenvalue weighted by Gasteiger charge is -2.27. The quantitative estimate of drug-likeness (QED) is 0.837. The second-order valence-electron chi connectivity index (χ2n) is 5.18. The van der Waals surface area contributed by atoms with Crippen LogP contribution in [0.5, 0.6) is 0 Å². The SMILES string of the molecule is CN1N=C(C(=O)N2CCC[C@@H]2c2ccsc2)CCC1=O. The van der Waals surface area contributed by atoms with E-state index in [9.17, 15) is 9.59 Å². The normalized spacial score (nSPS) is 23.1. The molecule has 0 radical (unpaired) electrons. The summed E-state index contributed by atoms with van der Waals surface area (Å²) in [5.41, 5.74) is 1.72. The zero-order valence-corrected chi connectivity index (χ0v) is 12.2. The van der Waals surface area contributed by atoms with E-state index >= 15 is 0 Å². The fourth-order valence-electron chi connectivity index (χ4n) is 2.81. The minimum atomic E-state index is -0.0302. The largest absolute Gasteiger partial charge is 0.330 e. The maximum Gasteiger partial charge on any atom is 0.270 e. The van der Waals surface area contributed by atoms with Gasteiger partial charge in [0.25, 0.3) is 5.91 Å². The predicted molar refractivity (Wildman–Crippen MR) is 77.4 cm³/mol. The standard InChI is InChI=1S/C14H17N3O2S/c1-16-13(18)5-4-11(15-16)14(19)17-7-2-3-12(17)10-6-8-20-9-10/h6,8-9,12H,2-5,7H2,1H3/t12-/m1/s1. The average Bonchev–Trinajstić information content (AvgIpc) is 3.10. The summed E-state index contributed by atoms with van der Waals surface area (Å²) in [4.78, 5) is 26.0. The molecule has 1 aromatic heterocycles. The molecule has 0 saturated carbocycles. The molecule has 6 heteroatoms. The van der Waals surface area contributed by atoms with Crippen LogP contribution in [0.1, 0.15) is 37.3 Å². The molecular weight excluding hydrogens is 274 g/mol. The number of nitrogens with zero attached hydrogens (tertiary/aromatic N) is 3. The summed E-state index contributed by atoms with van der Waals surface area (Å²) in [6, 6.07) is 2.25. The first-order valence-corrected chi connectivity index (χ1v) is 7.78. The molecule has 2 aliphatic heterocycles. The van der Waals surface area contributed by atoms with Crippen molar-refractivity contribution < 1.29 is 9.59 Å². The highest BCUT2D eigenvalue weighted by molar-refractivity contribution is 7.08. The summed E-state index contributed by atoms with van der Waals surface area (Å²) in [6.07, 6.45) is 2.85. The lowest BCUT2D eigenvalue weighted by Crippen LogP contribution is -2.40. The molecule has 3 rings (SSSR count). The fourth-order valence-corrected chi connectivity index (χ4v) is 3.52. The Kier molecular flexibility index (Phi) is 3.56. The molecule has 0 bridgehead atoms. The molecule has 2 amide bonds. The number of rotatable bonds is 2. The predicted octanol–water partition coefficient (Wildman–Crippen LogP) is 2.02. The van der Waals surface area contributed by atoms with Crippen LogP contribution in [0.4, 0.5) is 0 Å². The Morgan fingerprint density at radius 1 is 1.45 bits per heavy atom. The molecule has 0 spiro atoms. The van der Waals surface area contributed by atoms with Gasteiger partial charge in [-0.2, -0.15) is 16.4 Å². The van der Waals surface area contributed by atoms with E-state index in [0.717, 1.165) is 19.4 Å². The van der Waals surface area contributed by atoms with E-state index < -0.39 is 0 Å². The van der Waals surface area contributed by atoms with E-state index in [2.05, 4.69) is 16.5 Å². The van der Waals surface area contributed by atoms with Crippen molar-refractivity contribution >= 4 is 28.9 Å². The van der Waals surface area contributed by atoms with Gasteiger partial charge in [0.05, 0.1) is 6.04 Å². The van der Waals surface area contributed by atoms with Gasteiger partial charge in [-0.1, -0.05) is 0 Å². The van der Waals surface area contributed by atoms with Crippen LogP contribution in [0.2, 0.25) is 0 Å². The van der Waals surface area contributed by atoms with Crippen molar-refractivity contribution in [3.63, 3.8) is 0 Å². The van der Waals surface area contributed by atoms with Crippen LogP contribution in [-0.4, -0.2) is 41.0 Å². The highest BCUT2D eigenvalue weighted by atomic mass is 32.1. The van der Waals surface area contributed by atoms with Crippen LogP contribution in [0.25, 0.3) is 0 Å². The zero-order valence-electron chi connectivity index (χ0n) is 11.4. The van der Waals surface area contributed by atoms with Gasteiger partial charge in [-0.3, -0.25) is 9.59 Å². The molecule has 5 nitrogen and oxygen atoms in total. The summed E-state index contributed by atoms with van der Waals surface area (Å²) in [5.74, 6) is -0.0459. The molecule has 0 aliphatic carbocycles. The molecule has 0 N–H and O–H groups in total. The summed E-state index contributed by atoms with van der Waals surface area (Å²) in [5, 5.41) is 9.57. The Morgan fingerprint density at radius 2 is 2.30 bits per heavy atom. The Morgan fingerprint density at radius 3 is 3.00 bits per heavy atom. The van der Waals surface area contributed by atoms with E-state index in [1.54, 1.807) is 18.4 Å². The molecule has 0 unspecified atom stereocenters. The van der Waals surface area contributed by atoms with Crippen LogP contribution >= 0.6 is 11.3 Å². The maximum absolute atomic E-state index is 12.6. The van der Waals surface area contributed by atoms with Gasteiger partial charge in [0.1, 0.15) is 5.71 Å². The second kappa shape index (κ2) is 5.36. The minimum absolute atomic E-state index is 0.0157. The smallest absolute Gasteiger partial charge is 0.270 e. The van der Waals surface area contributed by atoms with Gasteiger partial charge in [0.2, 0.25) is 5.91 Å². The number of carbonyl (C=O) groups excluding carboxylic acids is 2. The molecule has 20 heavy (non-hydrogen) atoms. The molecule has 1 aromatic rings. The van der Waals surface area contributed by atoms with E-state index in [0.29, 0.717) is 18.6 Å². The molecular formula is C14H17N3O2S. The molecule has 3 heterocycles. The number of hydrogen-bond donors (Lipinski definition) is 0. The number of hydrogen-bond acceptors (Lipinski definition) is 4. The Bertz CT molecular complexity index is 553.